The van der Waals surface area contributed by atoms with Crippen molar-refractivity contribution >= 4 is 43.8 Å². The Bertz CT molecular complexity index is 1300. The smallest absolute Gasteiger partial charge is 0.283 e. The van der Waals surface area contributed by atoms with E-state index < -0.39 is 0 Å². The molecule has 148 valence electrons. The van der Waals surface area contributed by atoms with Gasteiger partial charge in [-0.1, -0.05) is 24.3 Å². The molecule has 6 nitrogen and oxygen atoms in total. The molecule has 7 heteroatoms. The highest BCUT2D eigenvalue weighted by Crippen LogP contribution is 2.34. The van der Waals surface area contributed by atoms with Gasteiger partial charge < -0.3 is 10.1 Å². The number of rotatable bonds is 3. The Kier molecular flexibility index (Phi) is 4.06. The highest BCUT2D eigenvalue weighted by molar-refractivity contribution is 7.18. The second-order valence-electron chi connectivity index (χ2n) is 7.95. The zero-order valence-corrected chi connectivity index (χ0v) is 16.9. The summed E-state index contributed by atoms with van der Waals surface area (Å²) >= 11 is 1.68. The molecule has 2 aliphatic rings. The topological polar surface area (TPSA) is 68.5 Å². The van der Waals surface area contributed by atoms with Crippen molar-refractivity contribution in [2.75, 3.05) is 18.5 Å². The average molecular weight is 407 g/mol. The molecular weight excluding hydrogens is 384 g/mol. The normalized spacial score (nSPS) is 19.2. The number of aryl methyl sites for hydroxylation is 2. The van der Waals surface area contributed by atoms with Crippen molar-refractivity contribution in [2.24, 2.45) is 0 Å². The van der Waals surface area contributed by atoms with Gasteiger partial charge in [0, 0.05) is 28.8 Å². The zero-order valence-electron chi connectivity index (χ0n) is 16.1. The monoisotopic (exact) mass is 406 g/mol. The molecule has 1 aromatic carbocycles. The van der Waals surface area contributed by atoms with Gasteiger partial charge in [0.1, 0.15) is 4.83 Å². The molecule has 0 spiro atoms. The highest BCUT2D eigenvalue weighted by atomic mass is 32.1. The molecule has 0 bridgehead atoms. The molecule has 1 aliphatic carbocycles. The van der Waals surface area contributed by atoms with Crippen LogP contribution in [0.3, 0.4) is 0 Å². The third-order valence-corrected chi connectivity index (χ3v) is 7.30. The number of ether oxygens (including phenoxy) is 1. The highest BCUT2D eigenvalue weighted by Gasteiger charge is 2.22. The molecule has 3 aromatic heterocycles. The second kappa shape index (κ2) is 6.78. The van der Waals surface area contributed by atoms with Crippen molar-refractivity contribution in [3.63, 3.8) is 0 Å². The Balaban J connectivity index is 1.59. The van der Waals surface area contributed by atoms with E-state index in [2.05, 4.69) is 5.32 Å². The average Bonchev–Trinajstić information content (AvgIpc) is 3.40. The van der Waals surface area contributed by atoms with Crippen LogP contribution < -0.4 is 10.9 Å². The summed E-state index contributed by atoms with van der Waals surface area (Å²) in [6.45, 7) is 1.52. The number of aromatic nitrogens is 3. The van der Waals surface area contributed by atoms with E-state index in [-0.39, 0.29) is 11.7 Å². The van der Waals surface area contributed by atoms with E-state index in [0.717, 1.165) is 65.5 Å². The SMILES string of the molecule is O=c1c2c3c(sc2nc2c4ccccc4c(NCC4CCCO4)nn12)CCCC3. The van der Waals surface area contributed by atoms with Crippen LogP contribution in [0.4, 0.5) is 5.82 Å². The molecule has 1 aliphatic heterocycles. The van der Waals surface area contributed by atoms with Gasteiger partial charge in [0.25, 0.3) is 5.56 Å². The van der Waals surface area contributed by atoms with Gasteiger partial charge in [-0.3, -0.25) is 4.79 Å². The summed E-state index contributed by atoms with van der Waals surface area (Å²) in [6, 6.07) is 8.05. The summed E-state index contributed by atoms with van der Waals surface area (Å²) in [5.41, 5.74) is 1.79. The molecule has 0 saturated carbocycles. The molecule has 0 amide bonds. The summed E-state index contributed by atoms with van der Waals surface area (Å²) in [5.74, 6) is 0.718. The number of nitrogens with zero attached hydrogens (tertiary/aromatic N) is 3. The number of anilines is 1. The fourth-order valence-corrected chi connectivity index (χ4v) is 5.90. The summed E-state index contributed by atoms with van der Waals surface area (Å²) < 4.78 is 7.24. The molecule has 0 radical (unpaired) electrons. The summed E-state index contributed by atoms with van der Waals surface area (Å²) in [5, 5.41) is 10.9. The summed E-state index contributed by atoms with van der Waals surface area (Å²) in [7, 11) is 0. The lowest BCUT2D eigenvalue weighted by molar-refractivity contribution is 0.120. The van der Waals surface area contributed by atoms with E-state index in [0.29, 0.717) is 12.2 Å². The summed E-state index contributed by atoms with van der Waals surface area (Å²) in [4.78, 5) is 20.6. The quantitative estimate of drug-likeness (QED) is 0.522. The summed E-state index contributed by atoms with van der Waals surface area (Å²) in [6.07, 6.45) is 6.71. The van der Waals surface area contributed by atoms with Crippen molar-refractivity contribution in [1.29, 1.82) is 0 Å². The lowest BCUT2D eigenvalue weighted by Crippen LogP contribution is -2.23. The van der Waals surface area contributed by atoms with Crippen molar-refractivity contribution < 1.29 is 4.74 Å². The molecule has 1 N–H and O–H groups in total. The lowest BCUT2D eigenvalue weighted by atomic mass is 9.97. The predicted octanol–water partition coefficient (Wildman–Crippen LogP) is 3.93. The van der Waals surface area contributed by atoms with Crippen LogP contribution in [0.1, 0.15) is 36.1 Å². The van der Waals surface area contributed by atoms with Gasteiger partial charge in [0.15, 0.2) is 11.5 Å². The number of thiophene rings is 1. The van der Waals surface area contributed by atoms with Crippen LogP contribution in [0.25, 0.3) is 26.6 Å². The van der Waals surface area contributed by atoms with E-state index >= 15 is 0 Å². The number of hydrogen-bond acceptors (Lipinski definition) is 6. The molecule has 1 saturated heterocycles. The first-order chi connectivity index (χ1) is 14.3. The van der Waals surface area contributed by atoms with Crippen molar-refractivity contribution in [2.45, 2.75) is 44.6 Å². The number of nitrogens with one attached hydrogen (secondary N) is 1. The van der Waals surface area contributed by atoms with Crippen LogP contribution >= 0.6 is 11.3 Å². The van der Waals surface area contributed by atoms with Gasteiger partial charge in [-0.25, -0.2) is 4.98 Å². The molecular formula is C22H22N4O2S. The van der Waals surface area contributed by atoms with Crippen molar-refractivity contribution in [1.82, 2.24) is 14.6 Å². The predicted molar refractivity (Wildman–Crippen MR) is 116 cm³/mol. The Hall–Kier alpha value is -2.51. The van der Waals surface area contributed by atoms with E-state index in [1.54, 1.807) is 11.3 Å². The van der Waals surface area contributed by atoms with Crippen LogP contribution in [0.15, 0.2) is 29.1 Å². The maximum absolute atomic E-state index is 13.5. The minimum Gasteiger partial charge on any atom is -0.376 e. The third kappa shape index (κ3) is 2.75. The van der Waals surface area contributed by atoms with Crippen LogP contribution in [-0.2, 0) is 17.6 Å². The first-order valence-corrected chi connectivity index (χ1v) is 11.2. The number of hydrogen-bond donors (Lipinski definition) is 1. The van der Waals surface area contributed by atoms with Crippen LogP contribution in [-0.4, -0.2) is 33.9 Å². The van der Waals surface area contributed by atoms with Crippen molar-refractivity contribution in [3.8, 4) is 0 Å². The van der Waals surface area contributed by atoms with E-state index in [1.165, 1.54) is 21.4 Å². The van der Waals surface area contributed by atoms with Crippen molar-refractivity contribution in [3.05, 3.63) is 45.1 Å². The van der Waals surface area contributed by atoms with E-state index in [1.807, 2.05) is 24.3 Å². The van der Waals surface area contributed by atoms with Gasteiger partial charge in [-0.05, 0) is 44.1 Å². The molecule has 4 aromatic rings. The maximum Gasteiger partial charge on any atom is 0.283 e. The molecule has 1 fully saturated rings. The molecule has 1 atom stereocenters. The number of fused-ring (bicyclic) bond motifs is 6. The molecule has 1 unspecified atom stereocenters. The van der Waals surface area contributed by atoms with Crippen LogP contribution in [0, 0.1) is 0 Å². The minimum atomic E-state index is -0.0460. The Morgan fingerprint density at radius 2 is 2.03 bits per heavy atom. The minimum absolute atomic E-state index is 0.0460. The van der Waals surface area contributed by atoms with Crippen LogP contribution in [0.5, 0.6) is 0 Å². The maximum atomic E-state index is 13.5. The fraction of sp³-hybridized carbons (Fsp3) is 0.409. The Labute approximate surface area is 171 Å². The van der Waals surface area contributed by atoms with Gasteiger partial charge in [0.2, 0.25) is 0 Å². The lowest BCUT2D eigenvalue weighted by Gasteiger charge is -2.14. The van der Waals surface area contributed by atoms with Gasteiger partial charge in [0.05, 0.1) is 11.5 Å². The first kappa shape index (κ1) is 17.4. The Morgan fingerprint density at radius 1 is 1.17 bits per heavy atom. The largest absolute Gasteiger partial charge is 0.376 e. The fourth-order valence-electron chi connectivity index (χ4n) is 4.65. The molecule has 29 heavy (non-hydrogen) atoms. The number of benzene rings is 1. The zero-order chi connectivity index (χ0) is 19.4. The van der Waals surface area contributed by atoms with Gasteiger partial charge >= 0.3 is 0 Å². The first-order valence-electron chi connectivity index (χ1n) is 10.4. The second-order valence-corrected chi connectivity index (χ2v) is 9.04. The van der Waals surface area contributed by atoms with E-state index in [9.17, 15) is 4.79 Å². The van der Waals surface area contributed by atoms with E-state index in [4.69, 9.17) is 14.8 Å². The molecule has 6 rings (SSSR count). The Morgan fingerprint density at radius 3 is 2.90 bits per heavy atom. The molecule has 4 heterocycles. The van der Waals surface area contributed by atoms with Gasteiger partial charge in [-0.2, -0.15) is 4.52 Å². The van der Waals surface area contributed by atoms with Gasteiger partial charge in [-0.15, -0.1) is 16.4 Å². The van der Waals surface area contributed by atoms with Crippen LogP contribution in [0.2, 0.25) is 0 Å². The third-order valence-electron chi connectivity index (χ3n) is 6.11. The standard InChI is InChI=1S/C22H22N4O2S/c27-22-18-16-9-3-4-10-17(16)29-21(18)24-20-15-8-2-1-7-14(15)19(25-26(20)22)23-12-13-6-5-11-28-13/h1-2,7-8,13H,3-6,9-12H2,(H,23,25).